The molecule has 0 aliphatic heterocycles. The molecule has 1 heterocycles. The molecule has 3 nitrogen and oxygen atoms in total. The molecule has 122 valence electrons. The number of hydrogen-bond acceptors (Lipinski definition) is 1. The predicted octanol–water partition coefficient (Wildman–Crippen LogP) is 4.90. The number of carbonyl (C=O) groups excluding carboxylic acids is 1. The third kappa shape index (κ3) is 4.03. The predicted molar refractivity (Wildman–Crippen MR) is 93.7 cm³/mol. The molecule has 5 heteroatoms. The normalized spacial score (nSPS) is 11.9. The largest absolute Gasteiger partial charge is 0.346 e. The summed E-state index contributed by atoms with van der Waals surface area (Å²) in [7, 11) is 0. The maximum atomic E-state index is 13.6. The summed E-state index contributed by atoms with van der Waals surface area (Å²) in [6, 6.07) is 16.7. The highest BCUT2D eigenvalue weighted by molar-refractivity contribution is 6.30. The summed E-state index contributed by atoms with van der Waals surface area (Å²) in [5.41, 5.74) is 1.42. The zero-order chi connectivity index (χ0) is 16.9. The SMILES string of the molecule is O=C(C[C@@H](c1cccc(F)c1)n1cccc1)Nc1ccc(Cl)cc1. The average molecular weight is 343 g/mol. The van der Waals surface area contributed by atoms with Crippen LogP contribution in [0, 0.1) is 5.82 Å². The van der Waals surface area contributed by atoms with Crippen LogP contribution in [0.25, 0.3) is 0 Å². The third-order valence-corrected chi connectivity index (χ3v) is 3.98. The van der Waals surface area contributed by atoms with Crippen molar-refractivity contribution in [3.63, 3.8) is 0 Å². The number of amides is 1. The molecule has 0 fully saturated rings. The Morgan fingerprint density at radius 3 is 2.46 bits per heavy atom. The number of aromatic nitrogens is 1. The molecule has 3 rings (SSSR count). The Bertz CT molecular complexity index is 816. The highest BCUT2D eigenvalue weighted by atomic mass is 35.5. The van der Waals surface area contributed by atoms with E-state index in [0.717, 1.165) is 5.56 Å². The molecule has 0 aliphatic carbocycles. The van der Waals surface area contributed by atoms with Gasteiger partial charge in [-0.3, -0.25) is 4.79 Å². The first-order valence-electron chi connectivity index (χ1n) is 7.55. The molecule has 0 aliphatic rings. The molecule has 0 radical (unpaired) electrons. The van der Waals surface area contributed by atoms with Gasteiger partial charge in [0.15, 0.2) is 0 Å². The van der Waals surface area contributed by atoms with Crippen LogP contribution < -0.4 is 5.32 Å². The van der Waals surface area contributed by atoms with Crippen molar-refractivity contribution in [2.45, 2.75) is 12.5 Å². The Morgan fingerprint density at radius 1 is 1.08 bits per heavy atom. The first-order chi connectivity index (χ1) is 11.6. The zero-order valence-electron chi connectivity index (χ0n) is 12.8. The number of anilines is 1. The summed E-state index contributed by atoms with van der Waals surface area (Å²) in [6.45, 7) is 0. The van der Waals surface area contributed by atoms with Crippen molar-refractivity contribution in [1.82, 2.24) is 4.57 Å². The Morgan fingerprint density at radius 2 is 1.79 bits per heavy atom. The average Bonchev–Trinajstić information content (AvgIpc) is 3.09. The van der Waals surface area contributed by atoms with Gasteiger partial charge in [-0.05, 0) is 54.1 Å². The topological polar surface area (TPSA) is 34.0 Å². The molecule has 2 aromatic carbocycles. The molecule has 0 unspecified atom stereocenters. The van der Waals surface area contributed by atoms with E-state index in [4.69, 9.17) is 11.6 Å². The van der Waals surface area contributed by atoms with Crippen LogP contribution >= 0.6 is 11.6 Å². The molecule has 0 bridgehead atoms. The highest BCUT2D eigenvalue weighted by Crippen LogP contribution is 2.24. The van der Waals surface area contributed by atoms with Crippen LogP contribution in [0.5, 0.6) is 0 Å². The number of rotatable bonds is 5. The molecule has 1 aromatic heterocycles. The van der Waals surface area contributed by atoms with Crippen molar-refractivity contribution < 1.29 is 9.18 Å². The van der Waals surface area contributed by atoms with E-state index in [1.807, 2.05) is 35.2 Å². The lowest BCUT2D eigenvalue weighted by atomic mass is 10.0. The van der Waals surface area contributed by atoms with Gasteiger partial charge in [-0.2, -0.15) is 0 Å². The molecular formula is C19H16ClFN2O. The van der Waals surface area contributed by atoms with Gasteiger partial charge in [0.1, 0.15) is 5.82 Å². The number of benzene rings is 2. The van der Waals surface area contributed by atoms with Crippen LogP contribution in [-0.2, 0) is 4.79 Å². The van der Waals surface area contributed by atoms with Gasteiger partial charge < -0.3 is 9.88 Å². The quantitative estimate of drug-likeness (QED) is 0.703. The van der Waals surface area contributed by atoms with Gasteiger partial charge >= 0.3 is 0 Å². The van der Waals surface area contributed by atoms with Gasteiger partial charge in [-0.1, -0.05) is 23.7 Å². The van der Waals surface area contributed by atoms with Crippen LogP contribution in [0.2, 0.25) is 5.02 Å². The van der Waals surface area contributed by atoms with Crippen molar-refractivity contribution in [1.29, 1.82) is 0 Å². The molecule has 1 amide bonds. The Kier molecular flexibility index (Phi) is 4.96. The Hall–Kier alpha value is -2.59. The van der Waals surface area contributed by atoms with E-state index in [2.05, 4.69) is 5.32 Å². The molecule has 24 heavy (non-hydrogen) atoms. The Labute approximate surface area is 144 Å². The monoisotopic (exact) mass is 342 g/mol. The molecule has 0 saturated heterocycles. The minimum Gasteiger partial charge on any atom is -0.346 e. The fraction of sp³-hybridized carbons (Fsp3) is 0.105. The van der Waals surface area contributed by atoms with Gasteiger partial charge in [0.2, 0.25) is 5.91 Å². The lowest BCUT2D eigenvalue weighted by Gasteiger charge is -2.19. The highest BCUT2D eigenvalue weighted by Gasteiger charge is 2.18. The van der Waals surface area contributed by atoms with Gasteiger partial charge in [-0.25, -0.2) is 4.39 Å². The molecule has 0 spiro atoms. The van der Waals surface area contributed by atoms with E-state index < -0.39 is 0 Å². The second kappa shape index (κ2) is 7.32. The van der Waals surface area contributed by atoms with Crippen LogP contribution in [0.4, 0.5) is 10.1 Å². The van der Waals surface area contributed by atoms with E-state index in [0.29, 0.717) is 10.7 Å². The fourth-order valence-corrected chi connectivity index (χ4v) is 2.71. The zero-order valence-corrected chi connectivity index (χ0v) is 13.6. The fourth-order valence-electron chi connectivity index (χ4n) is 2.59. The van der Waals surface area contributed by atoms with Crippen molar-refractivity contribution in [2.75, 3.05) is 5.32 Å². The molecular weight excluding hydrogens is 327 g/mol. The standard InChI is InChI=1S/C19H16ClFN2O/c20-15-6-8-17(9-7-15)22-19(24)13-18(23-10-1-2-11-23)14-4-3-5-16(21)12-14/h1-12,18H,13H2,(H,22,24)/t18-/m0/s1. The van der Waals surface area contributed by atoms with Crippen molar-refractivity contribution >= 4 is 23.2 Å². The maximum absolute atomic E-state index is 13.6. The maximum Gasteiger partial charge on any atom is 0.226 e. The number of nitrogens with zero attached hydrogens (tertiary/aromatic N) is 1. The second-order valence-electron chi connectivity index (χ2n) is 5.46. The summed E-state index contributed by atoms with van der Waals surface area (Å²) in [4.78, 5) is 12.4. The lowest BCUT2D eigenvalue weighted by Crippen LogP contribution is -2.19. The first kappa shape index (κ1) is 16.3. The van der Waals surface area contributed by atoms with E-state index in [1.54, 1.807) is 30.3 Å². The van der Waals surface area contributed by atoms with E-state index >= 15 is 0 Å². The summed E-state index contributed by atoms with van der Waals surface area (Å²) in [5.74, 6) is -0.469. The molecule has 1 atom stereocenters. The van der Waals surface area contributed by atoms with Crippen LogP contribution in [0.15, 0.2) is 73.1 Å². The van der Waals surface area contributed by atoms with Crippen molar-refractivity contribution in [2.24, 2.45) is 0 Å². The van der Waals surface area contributed by atoms with Gasteiger partial charge in [-0.15, -0.1) is 0 Å². The molecule has 3 aromatic rings. The second-order valence-corrected chi connectivity index (χ2v) is 5.90. The van der Waals surface area contributed by atoms with Crippen LogP contribution in [-0.4, -0.2) is 10.5 Å². The summed E-state index contributed by atoms with van der Waals surface area (Å²) >= 11 is 5.84. The molecule has 1 N–H and O–H groups in total. The summed E-state index contributed by atoms with van der Waals surface area (Å²) < 4.78 is 15.5. The van der Waals surface area contributed by atoms with Crippen molar-refractivity contribution in [3.8, 4) is 0 Å². The van der Waals surface area contributed by atoms with E-state index in [1.165, 1.54) is 12.1 Å². The number of halogens is 2. The summed E-state index contributed by atoms with van der Waals surface area (Å²) in [6.07, 6.45) is 3.93. The van der Waals surface area contributed by atoms with Crippen LogP contribution in [0.1, 0.15) is 18.0 Å². The van der Waals surface area contributed by atoms with Crippen LogP contribution in [0.3, 0.4) is 0 Å². The first-order valence-corrected chi connectivity index (χ1v) is 7.93. The smallest absolute Gasteiger partial charge is 0.226 e. The minimum atomic E-state index is -0.317. The number of nitrogens with one attached hydrogen (secondary N) is 1. The van der Waals surface area contributed by atoms with E-state index in [9.17, 15) is 9.18 Å². The lowest BCUT2D eigenvalue weighted by molar-refractivity contribution is -0.116. The Balaban J connectivity index is 1.79. The van der Waals surface area contributed by atoms with Gasteiger partial charge in [0.25, 0.3) is 0 Å². The van der Waals surface area contributed by atoms with Crippen molar-refractivity contribution in [3.05, 3.63) is 89.5 Å². The minimum absolute atomic E-state index is 0.153. The van der Waals surface area contributed by atoms with Gasteiger partial charge in [0.05, 0.1) is 12.5 Å². The van der Waals surface area contributed by atoms with Gasteiger partial charge in [0, 0.05) is 23.1 Å². The molecule has 0 saturated carbocycles. The number of hydrogen-bond donors (Lipinski definition) is 1. The van der Waals surface area contributed by atoms with E-state index in [-0.39, 0.29) is 24.2 Å². The summed E-state index contributed by atoms with van der Waals surface area (Å²) in [5, 5.41) is 3.45. The number of carbonyl (C=O) groups is 1. The third-order valence-electron chi connectivity index (χ3n) is 3.73.